The Labute approximate surface area is 190 Å². The van der Waals surface area contributed by atoms with Gasteiger partial charge in [0.05, 0.1) is 16.2 Å². The van der Waals surface area contributed by atoms with Crippen LogP contribution in [0, 0.1) is 5.82 Å². The van der Waals surface area contributed by atoms with Gasteiger partial charge in [-0.25, -0.2) is 14.4 Å². The highest BCUT2D eigenvalue weighted by atomic mass is 35.5. The average Bonchev–Trinajstić information content (AvgIpc) is 3.47. The molecule has 0 radical (unpaired) electrons. The largest absolute Gasteiger partial charge is 0.396 e. The maximum absolute atomic E-state index is 13.5. The number of aliphatic hydroxyl groups is 1. The molecule has 5 rings (SSSR count). The van der Waals surface area contributed by atoms with Gasteiger partial charge >= 0.3 is 0 Å². The SMILES string of the molecule is OCCc1cn(-c2ccc3ncnc(Nc4ccc(F)c(Cl)c4)c3c2)cc1N1CCCC1. The summed E-state index contributed by atoms with van der Waals surface area (Å²) >= 11 is 5.93. The molecular formula is C24H23ClFN5O. The molecule has 4 aromatic rings. The molecule has 32 heavy (non-hydrogen) atoms. The van der Waals surface area contributed by atoms with Gasteiger partial charge in [-0.2, -0.15) is 0 Å². The van der Waals surface area contributed by atoms with E-state index in [-0.39, 0.29) is 11.6 Å². The zero-order valence-electron chi connectivity index (χ0n) is 17.4. The van der Waals surface area contributed by atoms with Crippen LogP contribution in [0.3, 0.4) is 0 Å². The predicted octanol–water partition coefficient (Wildman–Crippen LogP) is 5.09. The monoisotopic (exact) mass is 451 g/mol. The van der Waals surface area contributed by atoms with Crippen LogP contribution in [-0.4, -0.2) is 39.3 Å². The second kappa shape index (κ2) is 8.76. The quantitative estimate of drug-likeness (QED) is 0.427. The molecule has 1 saturated heterocycles. The fourth-order valence-corrected chi connectivity index (χ4v) is 4.39. The van der Waals surface area contributed by atoms with Crippen LogP contribution in [0.1, 0.15) is 18.4 Å². The first-order chi connectivity index (χ1) is 15.6. The standard InChI is InChI=1S/C24H23ClFN5O/c25-20-11-17(3-5-21(20)26)29-24-19-12-18(4-6-22(19)27-15-28-24)31-13-16(7-10-32)23(14-31)30-8-1-2-9-30/h3-6,11-15,32H,1-2,7-10H2,(H,27,28,29). The van der Waals surface area contributed by atoms with E-state index in [2.05, 4.69) is 37.1 Å². The third-order valence-electron chi connectivity index (χ3n) is 5.81. The van der Waals surface area contributed by atoms with Gasteiger partial charge in [-0.05, 0) is 61.2 Å². The molecule has 0 unspecified atom stereocenters. The van der Waals surface area contributed by atoms with E-state index < -0.39 is 5.82 Å². The molecular weight excluding hydrogens is 429 g/mol. The number of fused-ring (bicyclic) bond motifs is 1. The normalized spacial score (nSPS) is 13.8. The van der Waals surface area contributed by atoms with Crippen LogP contribution < -0.4 is 10.2 Å². The van der Waals surface area contributed by atoms with Crippen molar-refractivity contribution >= 4 is 39.7 Å². The molecule has 1 aliphatic rings. The van der Waals surface area contributed by atoms with Crippen molar-refractivity contribution in [2.75, 3.05) is 29.9 Å². The van der Waals surface area contributed by atoms with E-state index >= 15 is 0 Å². The van der Waals surface area contributed by atoms with Gasteiger partial charge in [-0.3, -0.25) is 0 Å². The van der Waals surface area contributed by atoms with E-state index in [1.807, 2.05) is 18.2 Å². The summed E-state index contributed by atoms with van der Waals surface area (Å²) in [5.41, 5.74) is 4.72. The summed E-state index contributed by atoms with van der Waals surface area (Å²) in [7, 11) is 0. The minimum absolute atomic E-state index is 0.0484. The van der Waals surface area contributed by atoms with Crippen molar-refractivity contribution in [1.82, 2.24) is 14.5 Å². The van der Waals surface area contributed by atoms with Gasteiger partial charge in [0.1, 0.15) is 18.0 Å². The smallest absolute Gasteiger partial charge is 0.141 e. The molecule has 164 valence electrons. The van der Waals surface area contributed by atoms with E-state index in [1.165, 1.54) is 37.0 Å². The molecule has 0 atom stereocenters. The van der Waals surface area contributed by atoms with E-state index in [4.69, 9.17) is 11.6 Å². The molecule has 2 aromatic heterocycles. The third kappa shape index (κ3) is 4.01. The molecule has 0 amide bonds. The summed E-state index contributed by atoms with van der Waals surface area (Å²) in [6.45, 7) is 2.20. The van der Waals surface area contributed by atoms with Crippen molar-refractivity contribution in [2.45, 2.75) is 19.3 Å². The molecule has 6 nitrogen and oxygen atoms in total. The zero-order valence-corrected chi connectivity index (χ0v) is 18.2. The lowest BCUT2D eigenvalue weighted by molar-refractivity contribution is 0.299. The van der Waals surface area contributed by atoms with Gasteiger partial charge in [0, 0.05) is 48.9 Å². The summed E-state index contributed by atoms with van der Waals surface area (Å²) < 4.78 is 15.6. The Kier molecular flexibility index (Phi) is 5.68. The molecule has 0 aliphatic carbocycles. The topological polar surface area (TPSA) is 66.2 Å². The summed E-state index contributed by atoms with van der Waals surface area (Å²) in [5.74, 6) is 0.147. The maximum Gasteiger partial charge on any atom is 0.141 e. The van der Waals surface area contributed by atoms with Crippen LogP contribution in [0.25, 0.3) is 16.6 Å². The fraction of sp³-hybridized carbons (Fsp3) is 0.250. The van der Waals surface area contributed by atoms with Crippen LogP contribution in [0.4, 0.5) is 21.6 Å². The van der Waals surface area contributed by atoms with Crippen LogP contribution in [0.5, 0.6) is 0 Å². The number of benzene rings is 2. The van der Waals surface area contributed by atoms with Crippen molar-refractivity contribution < 1.29 is 9.50 Å². The van der Waals surface area contributed by atoms with Crippen LogP contribution in [0.15, 0.2) is 55.1 Å². The molecule has 1 aliphatic heterocycles. The van der Waals surface area contributed by atoms with Crippen LogP contribution in [0.2, 0.25) is 5.02 Å². The summed E-state index contributed by atoms with van der Waals surface area (Å²) in [4.78, 5) is 11.2. The summed E-state index contributed by atoms with van der Waals surface area (Å²) in [6.07, 6.45) is 8.72. The van der Waals surface area contributed by atoms with Crippen molar-refractivity contribution in [3.8, 4) is 5.69 Å². The van der Waals surface area contributed by atoms with Crippen molar-refractivity contribution in [1.29, 1.82) is 0 Å². The van der Waals surface area contributed by atoms with Crippen molar-refractivity contribution in [2.24, 2.45) is 0 Å². The Bertz CT molecular complexity index is 1270. The lowest BCUT2D eigenvalue weighted by atomic mass is 10.2. The minimum Gasteiger partial charge on any atom is -0.396 e. The van der Waals surface area contributed by atoms with Crippen LogP contribution in [-0.2, 0) is 6.42 Å². The first-order valence-corrected chi connectivity index (χ1v) is 11.0. The summed E-state index contributed by atoms with van der Waals surface area (Å²) in [6, 6.07) is 10.5. The second-order valence-corrected chi connectivity index (χ2v) is 8.33. The molecule has 2 aromatic carbocycles. The number of nitrogens with zero attached hydrogens (tertiary/aromatic N) is 4. The molecule has 0 bridgehead atoms. The highest BCUT2D eigenvalue weighted by molar-refractivity contribution is 6.31. The van der Waals surface area contributed by atoms with E-state index in [0.29, 0.717) is 17.9 Å². The lowest BCUT2D eigenvalue weighted by Gasteiger charge is -2.17. The highest BCUT2D eigenvalue weighted by Gasteiger charge is 2.18. The first-order valence-electron chi connectivity index (χ1n) is 10.7. The average molecular weight is 452 g/mol. The highest BCUT2D eigenvalue weighted by Crippen LogP contribution is 2.31. The number of rotatable bonds is 6. The second-order valence-electron chi connectivity index (χ2n) is 7.92. The number of hydrogen-bond donors (Lipinski definition) is 2. The molecule has 2 N–H and O–H groups in total. The third-order valence-corrected chi connectivity index (χ3v) is 6.10. The minimum atomic E-state index is -0.466. The van der Waals surface area contributed by atoms with E-state index in [9.17, 15) is 9.50 Å². The number of aromatic nitrogens is 3. The first kappa shape index (κ1) is 20.7. The Hall–Kier alpha value is -3.16. The number of hydrogen-bond acceptors (Lipinski definition) is 5. The van der Waals surface area contributed by atoms with Crippen LogP contribution >= 0.6 is 11.6 Å². The zero-order chi connectivity index (χ0) is 22.1. The van der Waals surface area contributed by atoms with Crippen molar-refractivity contribution in [3.05, 3.63) is 71.5 Å². The van der Waals surface area contributed by atoms with E-state index in [1.54, 1.807) is 6.07 Å². The van der Waals surface area contributed by atoms with Gasteiger partial charge in [-0.1, -0.05) is 11.6 Å². The number of halogens is 2. The number of aliphatic hydroxyl groups excluding tert-OH is 1. The van der Waals surface area contributed by atoms with Gasteiger partial charge in [-0.15, -0.1) is 0 Å². The molecule has 3 heterocycles. The van der Waals surface area contributed by atoms with Gasteiger partial charge < -0.3 is 19.9 Å². The lowest BCUT2D eigenvalue weighted by Crippen LogP contribution is -2.18. The molecule has 0 spiro atoms. The Morgan fingerprint density at radius 3 is 2.69 bits per heavy atom. The molecule has 1 fully saturated rings. The van der Waals surface area contributed by atoms with Gasteiger partial charge in [0.15, 0.2) is 0 Å². The van der Waals surface area contributed by atoms with E-state index in [0.717, 1.165) is 35.2 Å². The Balaban J connectivity index is 1.53. The van der Waals surface area contributed by atoms with Gasteiger partial charge in [0.25, 0.3) is 0 Å². The predicted molar refractivity (Wildman–Crippen MR) is 126 cm³/mol. The number of anilines is 3. The summed E-state index contributed by atoms with van der Waals surface area (Å²) in [5, 5.41) is 13.6. The Morgan fingerprint density at radius 1 is 1.06 bits per heavy atom. The molecule has 8 heteroatoms. The molecule has 0 saturated carbocycles. The Morgan fingerprint density at radius 2 is 1.91 bits per heavy atom. The number of nitrogens with one attached hydrogen (secondary N) is 1. The maximum atomic E-state index is 13.5. The van der Waals surface area contributed by atoms with Crippen molar-refractivity contribution in [3.63, 3.8) is 0 Å². The van der Waals surface area contributed by atoms with Gasteiger partial charge in [0.2, 0.25) is 0 Å². The fourth-order valence-electron chi connectivity index (χ4n) is 4.21.